The van der Waals surface area contributed by atoms with Crippen LogP contribution in [-0.2, 0) is 11.3 Å². The molecular formula is C20H20F3N5O3S. The Morgan fingerprint density at radius 1 is 1.03 bits per heavy atom. The lowest BCUT2D eigenvalue weighted by molar-refractivity contribution is -0.174. The normalized spacial score (nSPS) is 13.9. The van der Waals surface area contributed by atoms with Crippen molar-refractivity contribution >= 4 is 35.3 Å². The van der Waals surface area contributed by atoms with Gasteiger partial charge in [-0.15, -0.1) is 0 Å². The molecule has 0 spiro atoms. The van der Waals surface area contributed by atoms with E-state index in [0.717, 1.165) is 17.7 Å². The summed E-state index contributed by atoms with van der Waals surface area (Å²) < 4.78 is 36.6. The van der Waals surface area contributed by atoms with Gasteiger partial charge in [-0.1, -0.05) is 18.2 Å². The van der Waals surface area contributed by atoms with Crippen molar-refractivity contribution in [3.63, 3.8) is 0 Å². The van der Waals surface area contributed by atoms with E-state index in [1.54, 1.807) is 27.0 Å². The molecule has 1 fully saturated rings. The van der Waals surface area contributed by atoms with Crippen LogP contribution in [0.15, 0.2) is 48.7 Å². The highest BCUT2D eigenvalue weighted by Gasteiger charge is 2.39. The van der Waals surface area contributed by atoms with Crippen LogP contribution in [0.5, 0.6) is 0 Å². The summed E-state index contributed by atoms with van der Waals surface area (Å²) in [5.74, 6) is -1.52. The first kappa shape index (κ1) is 23.4. The van der Waals surface area contributed by atoms with Crippen molar-refractivity contribution in [3.8, 4) is 0 Å². The van der Waals surface area contributed by atoms with E-state index in [1.165, 1.54) is 17.6 Å². The Kier molecular flexibility index (Phi) is 7.57. The number of carbonyl (C=O) groups excluding carboxylic acids is 3. The maximum atomic E-state index is 13.1. The van der Waals surface area contributed by atoms with Gasteiger partial charge in [-0.25, -0.2) is 4.79 Å². The fourth-order valence-electron chi connectivity index (χ4n) is 2.87. The number of para-hydroxylation sites is 1. The molecule has 1 aromatic carbocycles. The molecule has 0 atom stereocenters. The molecule has 2 N–H and O–H groups in total. The monoisotopic (exact) mass is 467 g/mol. The van der Waals surface area contributed by atoms with Crippen molar-refractivity contribution in [2.24, 2.45) is 0 Å². The second-order valence-electron chi connectivity index (χ2n) is 6.75. The van der Waals surface area contributed by atoms with Crippen molar-refractivity contribution in [1.82, 2.24) is 20.7 Å². The molecule has 0 saturated carbocycles. The first-order valence-corrected chi connectivity index (χ1v) is 10.7. The Balaban J connectivity index is 1.69. The van der Waals surface area contributed by atoms with Crippen molar-refractivity contribution in [3.05, 3.63) is 59.9 Å². The van der Waals surface area contributed by atoms with Crippen LogP contribution in [-0.4, -0.2) is 58.5 Å². The van der Waals surface area contributed by atoms with Crippen LogP contribution in [0.3, 0.4) is 0 Å². The Labute approximate surface area is 186 Å². The Morgan fingerprint density at radius 2 is 1.72 bits per heavy atom. The zero-order valence-electron chi connectivity index (χ0n) is 16.8. The maximum Gasteiger partial charge on any atom is 0.472 e. The summed E-state index contributed by atoms with van der Waals surface area (Å²) in [6.45, 7) is 1.42. The van der Waals surface area contributed by atoms with Gasteiger partial charge >= 0.3 is 18.1 Å². The van der Waals surface area contributed by atoms with Gasteiger partial charge in [0, 0.05) is 36.5 Å². The summed E-state index contributed by atoms with van der Waals surface area (Å²) in [4.78, 5) is 43.4. The van der Waals surface area contributed by atoms with E-state index in [4.69, 9.17) is 0 Å². The highest BCUT2D eigenvalue weighted by molar-refractivity contribution is 7.99. The number of urea groups is 1. The molecular weight excluding hydrogens is 447 g/mol. The van der Waals surface area contributed by atoms with Gasteiger partial charge in [0.2, 0.25) is 0 Å². The minimum Gasteiger partial charge on any atom is -0.323 e. The number of anilines is 1. The van der Waals surface area contributed by atoms with E-state index in [2.05, 4.69) is 4.98 Å². The average molecular weight is 467 g/mol. The number of amides is 4. The summed E-state index contributed by atoms with van der Waals surface area (Å²) in [5, 5.41) is 0. The quantitative estimate of drug-likeness (QED) is 0.675. The molecule has 0 bridgehead atoms. The van der Waals surface area contributed by atoms with Gasteiger partial charge in [0.25, 0.3) is 5.91 Å². The number of benzene rings is 1. The van der Waals surface area contributed by atoms with Gasteiger partial charge in [-0.2, -0.15) is 24.9 Å². The molecule has 12 heteroatoms. The third-order valence-corrected chi connectivity index (χ3v) is 5.48. The summed E-state index contributed by atoms with van der Waals surface area (Å²) in [6, 6.07) is 11.8. The predicted molar refractivity (Wildman–Crippen MR) is 113 cm³/mol. The molecule has 3 rings (SSSR count). The van der Waals surface area contributed by atoms with Crippen molar-refractivity contribution in [2.45, 2.75) is 12.7 Å². The molecule has 1 saturated heterocycles. The number of carbonyl (C=O) groups is 3. The molecule has 1 aromatic heterocycles. The van der Waals surface area contributed by atoms with Gasteiger partial charge in [0.1, 0.15) is 0 Å². The lowest BCUT2D eigenvalue weighted by Gasteiger charge is -2.32. The molecule has 2 heterocycles. The number of halogens is 3. The van der Waals surface area contributed by atoms with Crippen LogP contribution in [0.4, 0.5) is 23.7 Å². The van der Waals surface area contributed by atoms with E-state index in [9.17, 15) is 27.6 Å². The largest absolute Gasteiger partial charge is 0.472 e. The molecule has 8 nitrogen and oxygen atoms in total. The van der Waals surface area contributed by atoms with E-state index in [1.807, 2.05) is 30.3 Å². The van der Waals surface area contributed by atoms with Crippen LogP contribution in [0.25, 0.3) is 0 Å². The Morgan fingerprint density at radius 3 is 2.31 bits per heavy atom. The van der Waals surface area contributed by atoms with Gasteiger partial charge < -0.3 is 4.90 Å². The number of alkyl halides is 3. The third-order valence-electron chi connectivity index (χ3n) is 4.53. The molecule has 170 valence electrons. The predicted octanol–water partition coefficient (Wildman–Crippen LogP) is 2.58. The number of pyridine rings is 1. The second-order valence-corrected chi connectivity index (χ2v) is 7.97. The summed E-state index contributed by atoms with van der Waals surface area (Å²) in [7, 11) is 0. The lowest BCUT2D eigenvalue weighted by Crippen LogP contribution is -2.47. The van der Waals surface area contributed by atoms with Gasteiger partial charge in [0.15, 0.2) is 0 Å². The number of aromatic nitrogens is 1. The number of hydrazine groups is 1. The number of hydrogen-bond acceptors (Lipinski definition) is 5. The molecule has 32 heavy (non-hydrogen) atoms. The minimum atomic E-state index is -5.12. The number of nitrogens with zero attached hydrogens (tertiary/aromatic N) is 3. The average Bonchev–Trinajstić information content (AvgIpc) is 2.81. The van der Waals surface area contributed by atoms with E-state index in [0.29, 0.717) is 24.5 Å². The third kappa shape index (κ3) is 6.13. The standard InChI is InChI=1S/C20H20F3N5O3S/c21-20(22,23)18(30)26-25-17(29)14-6-7-15(24-12-14)13-28(16-4-2-1-3-5-16)19(31)27-8-10-32-11-9-27/h1-7,12H,8-11,13H2,(H,25,29)(H,26,30). The zero-order valence-corrected chi connectivity index (χ0v) is 17.6. The van der Waals surface area contributed by atoms with Crippen molar-refractivity contribution in [1.29, 1.82) is 0 Å². The van der Waals surface area contributed by atoms with Gasteiger partial charge in [-0.3, -0.25) is 30.3 Å². The minimum absolute atomic E-state index is 0.0538. The lowest BCUT2D eigenvalue weighted by atomic mass is 10.2. The topological polar surface area (TPSA) is 94.6 Å². The first-order chi connectivity index (χ1) is 15.3. The van der Waals surface area contributed by atoms with Crippen LogP contribution in [0.2, 0.25) is 0 Å². The first-order valence-electron chi connectivity index (χ1n) is 9.57. The molecule has 2 aromatic rings. The van der Waals surface area contributed by atoms with Crippen LogP contribution in [0.1, 0.15) is 16.1 Å². The molecule has 1 aliphatic heterocycles. The van der Waals surface area contributed by atoms with Gasteiger partial charge in [0.05, 0.1) is 17.8 Å². The fraction of sp³-hybridized carbons (Fsp3) is 0.300. The summed E-state index contributed by atoms with van der Waals surface area (Å²) in [6.07, 6.45) is -3.95. The smallest absolute Gasteiger partial charge is 0.323 e. The molecule has 0 aliphatic carbocycles. The number of nitrogens with one attached hydrogen (secondary N) is 2. The second kappa shape index (κ2) is 10.4. The van der Waals surface area contributed by atoms with E-state index < -0.39 is 18.0 Å². The summed E-state index contributed by atoms with van der Waals surface area (Å²) in [5.41, 5.74) is 4.08. The van der Waals surface area contributed by atoms with Gasteiger partial charge in [-0.05, 0) is 24.3 Å². The van der Waals surface area contributed by atoms with Crippen molar-refractivity contribution in [2.75, 3.05) is 29.5 Å². The Bertz CT molecular complexity index is 951. The molecule has 4 amide bonds. The highest BCUT2D eigenvalue weighted by Crippen LogP contribution is 2.20. The van der Waals surface area contributed by atoms with Crippen LogP contribution in [0, 0.1) is 0 Å². The zero-order chi connectivity index (χ0) is 23.1. The van der Waals surface area contributed by atoms with Crippen molar-refractivity contribution < 1.29 is 27.6 Å². The van der Waals surface area contributed by atoms with Crippen LogP contribution < -0.4 is 15.8 Å². The van der Waals surface area contributed by atoms with E-state index in [-0.39, 0.29) is 18.1 Å². The highest BCUT2D eigenvalue weighted by atomic mass is 32.2. The number of hydrogen-bond donors (Lipinski definition) is 2. The SMILES string of the molecule is O=C(NNC(=O)C(F)(F)F)c1ccc(CN(C(=O)N2CCSCC2)c2ccccc2)nc1. The van der Waals surface area contributed by atoms with Crippen LogP contribution >= 0.6 is 11.8 Å². The maximum absolute atomic E-state index is 13.1. The molecule has 0 unspecified atom stereocenters. The fourth-order valence-corrected chi connectivity index (χ4v) is 3.78. The summed E-state index contributed by atoms with van der Waals surface area (Å²) >= 11 is 1.79. The molecule has 1 aliphatic rings. The van der Waals surface area contributed by atoms with E-state index >= 15 is 0 Å². The Hall–Kier alpha value is -3.28. The number of rotatable bonds is 4. The number of thioether (sulfide) groups is 1. The molecule has 0 radical (unpaired) electrons.